The van der Waals surface area contributed by atoms with E-state index in [2.05, 4.69) is 36.4 Å². The number of benzene rings is 3. The monoisotopic (exact) mass is 602 g/mol. The van der Waals surface area contributed by atoms with E-state index in [0.29, 0.717) is 28.0 Å². The summed E-state index contributed by atoms with van der Waals surface area (Å²) in [7, 11) is 0. The summed E-state index contributed by atoms with van der Waals surface area (Å²) in [5, 5.41) is 9.67. The number of nitrogens with zero attached hydrogens (tertiary/aromatic N) is 4. The molecule has 12 rings (SSSR count). The molecule has 0 spiro atoms. The minimum atomic E-state index is 0.307. The van der Waals surface area contributed by atoms with E-state index in [-0.39, 0.29) is 0 Å². The highest BCUT2D eigenvalue weighted by Gasteiger charge is 2.54. The maximum absolute atomic E-state index is 9.67. The molecule has 8 saturated carbocycles. The van der Waals surface area contributed by atoms with Crippen LogP contribution in [0.3, 0.4) is 0 Å². The number of aromatic nitrogens is 3. The quantitative estimate of drug-likeness (QED) is 0.228. The van der Waals surface area contributed by atoms with Gasteiger partial charge in [0, 0.05) is 16.7 Å². The summed E-state index contributed by atoms with van der Waals surface area (Å²) in [6.07, 6.45) is 16.9. The molecular weight excluding hydrogens is 560 g/mol. The van der Waals surface area contributed by atoms with Crippen LogP contribution in [0.2, 0.25) is 0 Å². The van der Waals surface area contributed by atoms with Crippen LogP contribution in [0.4, 0.5) is 0 Å². The first-order valence-corrected chi connectivity index (χ1v) is 18.0. The van der Waals surface area contributed by atoms with E-state index in [1.54, 1.807) is 11.1 Å². The summed E-state index contributed by atoms with van der Waals surface area (Å²) >= 11 is 0. The van der Waals surface area contributed by atoms with Gasteiger partial charge in [-0.05, 0) is 159 Å². The second-order valence-corrected chi connectivity index (χ2v) is 16.6. The van der Waals surface area contributed by atoms with Crippen molar-refractivity contribution in [1.29, 1.82) is 5.26 Å². The molecule has 0 radical (unpaired) electrons. The average Bonchev–Trinajstić information content (AvgIpc) is 3.07. The zero-order valence-electron chi connectivity index (χ0n) is 26.7. The van der Waals surface area contributed by atoms with Crippen molar-refractivity contribution in [3.05, 3.63) is 89.5 Å². The van der Waals surface area contributed by atoms with Gasteiger partial charge in [0.1, 0.15) is 0 Å². The van der Waals surface area contributed by atoms with Crippen molar-refractivity contribution in [3.8, 4) is 40.2 Å². The Hall–Kier alpha value is -3.84. The molecule has 0 N–H and O–H groups in total. The highest BCUT2D eigenvalue weighted by molar-refractivity contribution is 5.68. The molecule has 0 aliphatic heterocycles. The van der Waals surface area contributed by atoms with E-state index in [9.17, 15) is 5.26 Å². The number of hydrogen-bond donors (Lipinski definition) is 0. The summed E-state index contributed by atoms with van der Waals surface area (Å²) in [4.78, 5) is 15.4. The van der Waals surface area contributed by atoms with Gasteiger partial charge in [0.15, 0.2) is 17.5 Å². The standard InChI is InChI=1S/C42H42N4/c43-25-26-5-4-8-34(15-26)39-44-38(33-6-2-1-3-7-33)45-40(46-39)35-16-36(41-19-27-9-28(20-41)11-29(10-27)21-41)18-37(17-35)42-22-30-12-31(23-42)14-32(13-30)24-42/h1-8,15-18,27-32H,9-14,19-24H2/t27-,28+,29-,30-,31+,32?,41?,42?. The van der Waals surface area contributed by atoms with E-state index in [4.69, 9.17) is 15.0 Å². The van der Waals surface area contributed by atoms with Gasteiger partial charge in [-0.25, -0.2) is 15.0 Å². The second kappa shape index (κ2) is 10.1. The van der Waals surface area contributed by atoms with Gasteiger partial charge in [-0.2, -0.15) is 5.26 Å². The van der Waals surface area contributed by atoms with Crippen LogP contribution in [0.5, 0.6) is 0 Å². The summed E-state index contributed by atoms with van der Waals surface area (Å²) < 4.78 is 0. The third-order valence-corrected chi connectivity index (χ3v) is 13.4. The fourth-order valence-electron chi connectivity index (χ4n) is 12.4. The third-order valence-electron chi connectivity index (χ3n) is 13.4. The smallest absolute Gasteiger partial charge is 0.164 e. The average molecular weight is 603 g/mol. The first-order chi connectivity index (χ1) is 22.5. The number of rotatable bonds is 5. The molecule has 0 amide bonds. The Bertz CT molecular complexity index is 1750. The lowest BCUT2D eigenvalue weighted by atomic mass is 9.46. The first kappa shape index (κ1) is 27.3. The Labute approximate surface area is 272 Å². The molecular formula is C42H42N4. The molecule has 0 saturated heterocycles. The number of hydrogen-bond acceptors (Lipinski definition) is 4. The molecule has 8 aliphatic rings. The topological polar surface area (TPSA) is 62.5 Å². The van der Waals surface area contributed by atoms with Gasteiger partial charge in [-0.15, -0.1) is 0 Å². The van der Waals surface area contributed by atoms with E-state index in [0.717, 1.165) is 58.0 Å². The van der Waals surface area contributed by atoms with E-state index >= 15 is 0 Å². The fourth-order valence-corrected chi connectivity index (χ4v) is 12.4. The normalized spacial score (nSPS) is 34.9. The van der Waals surface area contributed by atoms with Gasteiger partial charge in [-0.3, -0.25) is 0 Å². The molecule has 0 atom stereocenters. The lowest BCUT2D eigenvalue weighted by Gasteiger charge is -2.58. The van der Waals surface area contributed by atoms with Crippen molar-refractivity contribution in [2.75, 3.05) is 0 Å². The lowest BCUT2D eigenvalue weighted by molar-refractivity contribution is -0.00832. The Morgan fingerprint density at radius 3 is 1.39 bits per heavy atom. The predicted octanol–water partition coefficient (Wildman–Crippen LogP) is 9.68. The molecule has 1 heterocycles. The second-order valence-electron chi connectivity index (χ2n) is 16.6. The maximum atomic E-state index is 9.67. The van der Waals surface area contributed by atoms with Crippen molar-refractivity contribution in [2.45, 2.75) is 87.9 Å². The Morgan fingerprint density at radius 2 is 0.913 bits per heavy atom. The zero-order valence-corrected chi connectivity index (χ0v) is 26.7. The highest BCUT2D eigenvalue weighted by Crippen LogP contribution is 2.63. The van der Waals surface area contributed by atoms with Crippen LogP contribution in [0, 0.1) is 46.8 Å². The minimum absolute atomic E-state index is 0.307. The van der Waals surface area contributed by atoms with Crippen LogP contribution < -0.4 is 0 Å². The first-order valence-electron chi connectivity index (χ1n) is 18.0. The SMILES string of the molecule is N#Cc1cccc(-c2nc(-c3ccccc3)nc(-c3cc(C45CC6C[C@H](C4)C[C@@H](C6)C5)cc(C45C[C@H]6C[C@@H](C4)C[C@@H](C5)C6)c3)n2)c1. The molecule has 0 unspecified atom stereocenters. The van der Waals surface area contributed by atoms with Crippen LogP contribution in [-0.4, -0.2) is 15.0 Å². The third kappa shape index (κ3) is 4.41. The van der Waals surface area contributed by atoms with Crippen molar-refractivity contribution in [3.63, 3.8) is 0 Å². The van der Waals surface area contributed by atoms with Crippen molar-refractivity contribution >= 4 is 0 Å². The van der Waals surface area contributed by atoms with Gasteiger partial charge in [0.05, 0.1) is 11.6 Å². The largest absolute Gasteiger partial charge is 0.208 e. The Morgan fingerprint density at radius 1 is 0.478 bits per heavy atom. The predicted molar refractivity (Wildman–Crippen MR) is 181 cm³/mol. The van der Waals surface area contributed by atoms with Crippen LogP contribution in [0.15, 0.2) is 72.8 Å². The molecule has 46 heavy (non-hydrogen) atoms. The van der Waals surface area contributed by atoms with E-state index < -0.39 is 0 Å². The Balaban J connectivity index is 1.17. The zero-order chi connectivity index (χ0) is 30.5. The lowest BCUT2D eigenvalue weighted by Crippen LogP contribution is -2.50. The fraction of sp³-hybridized carbons (Fsp3) is 0.476. The molecule has 8 fully saturated rings. The summed E-state index contributed by atoms with van der Waals surface area (Å²) in [6, 6.07) is 28.0. The Kier molecular flexibility index (Phi) is 5.98. The molecule has 4 nitrogen and oxygen atoms in total. The summed E-state index contributed by atoms with van der Waals surface area (Å²) in [5.74, 6) is 7.51. The van der Waals surface area contributed by atoms with E-state index in [1.165, 1.54) is 77.0 Å². The minimum Gasteiger partial charge on any atom is -0.208 e. The molecule has 4 aromatic rings. The molecule has 3 aromatic carbocycles. The molecule has 230 valence electrons. The summed E-state index contributed by atoms with van der Waals surface area (Å²) in [6.45, 7) is 0. The van der Waals surface area contributed by atoms with Gasteiger partial charge >= 0.3 is 0 Å². The summed E-state index contributed by atoms with van der Waals surface area (Å²) in [5.41, 5.74) is 7.42. The molecule has 1 aromatic heterocycles. The van der Waals surface area contributed by atoms with Crippen molar-refractivity contribution in [1.82, 2.24) is 15.0 Å². The van der Waals surface area contributed by atoms with Crippen LogP contribution in [-0.2, 0) is 10.8 Å². The molecule has 8 aliphatic carbocycles. The maximum Gasteiger partial charge on any atom is 0.164 e. The van der Waals surface area contributed by atoms with Gasteiger partial charge in [0.2, 0.25) is 0 Å². The number of nitriles is 1. The van der Waals surface area contributed by atoms with E-state index in [1.807, 2.05) is 42.5 Å². The molecule has 4 heteroatoms. The van der Waals surface area contributed by atoms with Crippen LogP contribution >= 0.6 is 0 Å². The van der Waals surface area contributed by atoms with Gasteiger partial charge in [0.25, 0.3) is 0 Å². The van der Waals surface area contributed by atoms with Crippen LogP contribution in [0.25, 0.3) is 34.2 Å². The van der Waals surface area contributed by atoms with Gasteiger partial charge < -0.3 is 0 Å². The highest BCUT2D eigenvalue weighted by atomic mass is 15.0. The van der Waals surface area contributed by atoms with Crippen LogP contribution in [0.1, 0.15) is 93.7 Å². The molecule has 8 bridgehead atoms. The van der Waals surface area contributed by atoms with Crippen molar-refractivity contribution < 1.29 is 0 Å². The van der Waals surface area contributed by atoms with Crippen molar-refractivity contribution in [2.24, 2.45) is 35.5 Å². The van der Waals surface area contributed by atoms with Gasteiger partial charge in [-0.1, -0.05) is 48.5 Å².